The van der Waals surface area contributed by atoms with E-state index in [9.17, 15) is 19.1 Å². The maximum Gasteiger partial charge on any atom is 0.331 e. The number of hydrogen-bond donors (Lipinski definition) is 1. The molecule has 0 fully saturated rings. The highest BCUT2D eigenvalue weighted by Crippen LogP contribution is 2.28. The van der Waals surface area contributed by atoms with E-state index >= 15 is 0 Å². The van der Waals surface area contributed by atoms with Gasteiger partial charge in [-0.15, -0.1) is 0 Å². The molecule has 1 N–H and O–H groups in total. The Kier molecular flexibility index (Phi) is 5.37. The molecule has 1 aliphatic heterocycles. The lowest BCUT2D eigenvalue weighted by Gasteiger charge is -2.14. The second-order valence-electron chi connectivity index (χ2n) is 6.15. The molecule has 1 amide bonds. The number of nitrogens with zero attached hydrogens (tertiary/aromatic N) is 2. The van der Waals surface area contributed by atoms with Gasteiger partial charge in [0.1, 0.15) is 5.82 Å². The Balaban J connectivity index is 1.83. The van der Waals surface area contributed by atoms with Crippen LogP contribution < -0.4 is 5.01 Å². The van der Waals surface area contributed by atoms with Crippen LogP contribution in [0.4, 0.5) is 10.1 Å². The summed E-state index contributed by atoms with van der Waals surface area (Å²) in [4.78, 5) is 24.4. The van der Waals surface area contributed by atoms with E-state index < -0.39 is 17.7 Å². The van der Waals surface area contributed by atoms with Crippen molar-refractivity contribution in [2.75, 3.05) is 5.01 Å². The number of anilines is 1. The molecule has 5 nitrogen and oxygen atoms in total. The average molecular weight is 387 g/mol. The molecular formula is C20H16ClFN2O3. The molecule has 1 unspecified atom stereocenters. The average Bonchev–Trinajstić information content (AvgIpc) is 2.91. The van der Waals surface area contributed by atoms with Gasteiger partial charge in [0, 0.05) is 16.3 Å². The van der Waals surface area contributed by atoms with Crippen molar-refractivity contribution < 1.29 is 19.1 Å². The fourth-order valence-corrected chi connectivity index (χ4v) is 2.92. The van der Waals surface area contributed by atoms with E-state index in [0.29, 0.717) is 22.0 Å². The number of benzene rings is 2. The third-order valence-corrected chi connectivity index (χ3v) is 4.50. The molecule has 27 heavy (non-hydrogen) atoms. The largest absolute Gasteiger partial charge is 0.478 e. The van der Waals surface area contributed by atoms with Gasteiger partial charge in [-0.2, -0.15) is 5.10 Å². The number of aliphatic carboxylic acids is 1. The molecule has 0 aliphatic carbocycles. The van der Waals surface area contributed by atoms with Gasteiger partial charge in [0.15, 0.2) is 0 Å². The summed E-state index contributed by atoms with van der Waals surface area (Å²) in [6.07, 6.45) is 1.52. The van der Waals surface area contributed by atoms with Crippen molar-refractivity contribution in [2.45, 2.75) is 13.3 Å². The predicted octanol–water partition coefficient (Wildman–Crippen LogP) is 4.38. The van der Waals surface area contributed by atoms with E-state index in [1.165, 1.54) is 35.4 Å². The first-order chi connectivity index (χ1) is 12.8. The summed E-state index contributed by atoms with van der Waals surface area (Å²) >= 11 is 5.84. The molecule has 0 aromatic heterocycles. The van der Waals surface area contributed by atoms with Crippen LogP contribution in [0.25, 0.3) is 6.08 Å². The second-order valence-corrected chi connectivity index (χ2v) is 6.59. The summed E-state index contributed by atoms with van der Waals surface area (Å²) in [5.41, 5.74) is 1.70. The summed E-state index contributed by atoms with van der Waals surface area (Å²) in [6, 6.07) is 12.1. The number of rotatable bonds is 5. The van der Waals surface area contributed by atoms with Crippen molar-refractivity contribution in [3.05, 3.63) is 70.5 Å². The molecule has 7 heteroatoms. The molecule has 0 spiro atoms. The molecule has 138 valence electrons. The summed E-state index contributed by atoms with van der Waals surface area (Å²) in [5, 5.41) is 15.5. The predicted molar refractivity (Wildman–Crippen MR) is 102 cm³/mol. The van der Waals surface area contributed by atoms with E-state index in [2.05, 4.69) is 5.10 Å². The number of carbonyl (C=O) groups is 2. The zero-order chi connectivity index (χ0) is 19.6. The smallest absolute Gasteiger partial charge is 0.331 e. The van der Waals surface area contributed by atoms with Crippen molar-refractivity contribution in [3.8, 4) is 0 Å². The first-order valence-corrected chi connectivity index (χ1v) is 8.57. The normalized spacial score (nSPS) is 17.2. The molecule has 3 rings (SSSR count). The molecule has 0 saturated carbocycles. The minimum atomic E-state index is -1.11. The molecule has 2 aromatic rings. The Morgan fingerprint density at radius 3 is 2.44 bits per heavy atom. The lowest BCUT2D eigenvalue weighted by molar-refractivity contribution is -0.132. The molecule has 0 bridgehead atoms. The lowest BCUT2D eigenvalue weighted by atomic mass is 9.94. The van der Waals surface area contributed by atoms with Gasteiger partial charge in [-0.05, 0) is 61.4 Å². The molecule has 2 aromatic carbocycles. The highest BCUT2D eigenvalue weighted by atomic mass is 35.5. The van der Waals surface area contributed by atoms with Crippen molar-refractivity contribution in [1.82, 2.24) is 0 Å². The number of carbonyl (C=O) groups excluding carboxylic acids is 1. The highest BCUT2D eigenvalue weighted by molar-refractivity contribution is 6.30. The van der Waals surface area contributed by atoms with E-state index in [1.54, 1.807) is 31.2 Å². The van der Waals surface area contributed by atoms with Gasteiger partial charge < -0.3 is 5.11 Å². The fourth-order valence-electron chi connectivity index (χ4n) is 2.79. The third kappa shape index (κ3) is 4.23. The van der Waals surface area contributed by atoms with Crippen LogP contribution in [-0.2, 0) is 9.59 Å². The van der Waals surface area contributed by atoms with Gasteiger partial charge in [0.25, 0.3) is 5.91 Å². The summed E-state index contributed by atoms with van der Waals surface area (Å²) in [6.45, 7) is 1.67. The van der Waals surface area contributed by atoms with Crippen LogP contribution >= 0.6 is 11.6 Å². The molecule has 0 saturated heterocycles. The lowest BCUT2D eigenvalue weighted by Crippen LogP contribution is -2.28. The number of halogens is 2. The molecule has 0 radical (unpaired) electrons. The third-order valence-electron chi connectivity index (χ3n) is 4.25. The van der Waals surface area contributed by atoms with E-state index in [1.807, 2.05) is 0 Å². The van der Waals surface area contributed by atoms with Gasteiger partial charge in [-0.25, -0.2) is 14.2 Å². The summed E-state index contributed by atoms with van der Waals surface area (Å²) in [5.74, 6) is -2.56. The number of carboxylic acid groups (broad SMARTS) is 1. The van der Waals surface area contributed by atoms with Crippen LogP contribution in [0.15, 0.2) is 59.2 Å². The number of hydrogen-bond acceptors (Lipinski definition) is 3. The standard InChI is InChI=1S/C20H16ClFN2O3/c1-12-18(19(25)24(23-12)17-8-6-16(22)7-9-17)11-14(20(26)27)10-13-2-4-15(21)5-3-13/h2-10,18H,11H2,1H3,(H,26,27)/b14-10-. The van der Waals surface area contributed by atoms with E-state index in [0.717, 1.165) is 0 Å². The second kappa shape index (κ2) is 7.72. The maximum absolute atomic E-state index is 13.1. The van der Waals surface area contributed by atoms with Gasteiger partial charge in [0.05, 0.1) is 11.6 Å². The van der Waals surface area contributed by atoms with Gasteiger partial charge in [-0.3, -0.25) is 4.79 Å². The van der Waals surface area contributed by atoms with Crippen LogP contribution in [0.3, 0.4) is 0 Å². The highest BCUT2D eigenvalue weighted by Gasteiger charge is 2.35. The molecular weight excluding hydrogens is 371 g/mol. The number of amides is 1. The quantitative estimate of drug-likeness (QED) is 0.775. The molecule has 1 heterocycles. The Morgan fingerprint density at radius 2 is 1.85 bits per heavy atom. The Hall–Kier alpha value is -2.99. The maximum atomic E-state index is 13.1. The summed E-state index contributed by atoms with van der Waals surface area (Å²) in [7, 11) is 0. The van der Waals surface area contributed by atoms with Gasteiger partial charge in [-0.1, -0.05) is 23.7 Å². The van der Waals surface area contributed by atoms with Crippen molar-refractivity contribution in [2.24, 2.45) is 11.0 Å². The van der Waals surface area contributed by atoms with Crippen LogP contribution in [0, 0.1) is 11.7 Å². The molecule has 1 aliphatic rings. The number of hydrazone groups is 1. The van der Waals surface area contributed by atoms with Crippen LogP contribution in [0.1, 0.15) is 18.9 Å². The Bertz CT molecular complexity index is 937. The number of carboxylic acids is 1. The van der Waals surface area contributed by atoms with Crippen LogP contribution in [0.2, 0.25) is 5.02 Å². The van der Waals surface area contributed by atoms with Crippen molar-refractivity contribution >= 4 is 41.0 Å². The first kappa shape index (κ1) is 18.8. The van der Waals surface area contributed by atoms with Crippen molar-refractivity contribution in [3.63, 3.8) is 0 Å². The topological polar surface area (TPSA) is 70.0 Å². The van der Waals surface area contributed by atoms with Crippen LogP contribution in [-0.4, -0.2) is 22.7 Å². The van der Waals surface area contributed by atoms with E-state index in [-0.39, 0.29) is 17.9 Å². The Morgan fingerprint density at radius 1 is 1.22 bits per heavy atom. The first-order valence-electron chi connectivity index (χ1n) is 8.19. The fraction of sp³-hybridized carbons (Fsp3) is 0.150. The summed E-state index contributed by atoms with van der Waals surface area (Å²) < 4.78 is 13.1. The van der Waals surface area contributed by atoms with Crippen molar-refractivity contribution in [1.29, 1.82) is 0 Å². The minimum Gasteiger partial charge on any atom is -0.478 e. The van der Waals surface area contributed by atoms with Gasteiger partial charge in [0.2, 0.25) is 0 Å². The SMILES string of the molecule is CC1=NN(c2ccc(F)cc2)C(=O)C1C/C(=C/c1ccc(Cl)cc1)C(=O)O. The van der Waals surface area contributed by atoms with Crippen LogP contribution in [0.5, 0.6) is 0 Å². The zero-order valence-corrected chi connectivity index (χ0v) is 15.2. The minimum absolute atomic E-state index is 0.00379. The van der Waals surface area contributed by atoms with Gasteiger partial charge >= 0.3 is 5.97 Å². The Labute approximate surface area is 160 Å². The van der Waals surface area contributed by atoms with E-state index in [4.69, 9.17) is 11.6 Å². The zero-order valence-electron chi connectivity index (χ0n) is 14.4. The molecule has 1 atom stereocenters. The monoisotopic (exact) mass is 386 g/mol.